The molecule has 1 heterocycles. The monoisotopic (exact) mass is 289 g/mol. The molecule has 0 aliphatic carbocycles. The predicted octanol–water partition coefficient (Wildman–Crippen LogP) is 1.83. The van der Waals surface area contributed by atoms with Crippen LogP contribution in [0.3, 0.4) is 0 Å². The molecule has 6 heteroatoms. The maximum atomic E-state index is 12.4. The molecule has 0 bridgehead atoms. The van der Waals surface area contributed by atoms with Crippen molar-refractivity contribution in [3.8, 4) is 0 Å². The van der Waals surface area contributed by atoms with Crippen LogP contribution in [-0.2, 0) is 4.74 Å². The van der Waals surface area contributed by atoms with E-state index < -0.39 is 0 Å². The van der Waals surface area contributed by atoms with Crippen LogP contribution in [0.2, 0.25) is 10.0 Å². The molecule has 1 aromatic carbocycles. The quantitative estimate of drug-likeness (QED) is 0.904. The summed E-state index contributed by atoms with van der Waals surface area (Å²) >= 11 is 11.9. The van der Waals surface area contributed by atoms with Gasteiger partial charge in [0.1, 0.15) is 0 Å². The summed E-state index contributed by atoms with van der Waals surface area (Å²) in [6, 6.07) is 4.60. The summed E-state index contributed by atoms with van der Waals surface area (Å²) in [4.78, 5) is 13.9. The van der Waals surface area contributed by atoms with Gasteiger partial charge in [0, 0.05) is 6.54 Å². The maximum absolute atomic E-state index is 12.4. The van der Waals surface area contributed by atoms with Crippen molar-refractivity contribution in [1.29, 1.82) is 0 Å². The Kier molecular flexibility index (Phi) is 4.45. The molecule has 0 spiro atoms. The van der Waals surface area contributed by atoms with Gasteiger partial charge in [0.2, 0.25) is 0 Å². The van der Waals surface area contributed by atoms with E-state index in [4.69, 9.17) is 27.9 Å². The Hall–Kier alpha value is -0.810. The highest BCUT2D eigenvalue weighted by atomic mass is 35.5. The summed E-state index contributed by atoms with van der Waals surface area (Å²) in [5.74, 6) is -0.232. The normalized spacial score (nSPS) is 19.9. The number of carbonyl (C=O) groups excluding carboxylic acids is 1. The van der Waals surface area contributed by atoms with Crippen LogP contribution in [0.4, 0.5) is 0 Å². The molecule has 4 nitrogen and oxygen atoms in total. The van der Waals surface area contributed by atoms with Crippen molar-refractivity contribution >= 4 is 29.1 Å². The van der Waals surface area contributed by atoms with Gasteiger partial charge in [-0.2, -0.15) is 0 Å². The number of carbonyl (C=O) groups is 1. The number of halogens is 2. The summed E-state index contributed by atoms with van der Waals surface area (Å²) < 4.78 is 5.23. The summed E-state index contributed by atoms with van der Waals surface area (Å²) in [5.41, 5.74) is 0.351. The van der Waals surface area contributed by atoms with E-state index in [0.717, 1.165) is 0 Å². The fourth-order valence-corrected chi connectivity index (χ4v) is 2.28. The minimum Gasteiger partial charge on any atom is -0.394 e. The number of aliphatic hydroxyl groups excluding tert-OH is 1. The molecule has 1 fully saturated rings. The van der Waals surface area contributed by atoms with Crippen molar-refractivity contribution in [3.05, 3.63) is 33.8 Å². The minimum absolute atomic E-state index is 0.135. The van der Waals surface area contributed by atoms with Gasteiger partial charge in [-0.1, -0.05) is 29.3 Å². The number of ether oxygens (including phenoxy) is 1. The third kappa shape index (κ3) is 2.62. The number of amides is 1. The smallest absolute Gasteiger partial charge is 0.255 e. The molecule has 2 rings (SSSR count). The van der Waals surface area contributed by atoms with E-state index in [1.807, 2.05) is 0 Å². The zero-order valence-corrected chi connectivity index (χ0v) is 11.1. The second-order valence-electron chi connectivity index (χ2n) is 4.01. The highest BCUT2D eigenvalue weighted by Crippen LogP contribution is 2.27. The highest BCUT2D eigenvalue weighted by molar-refractivity contribution is 6.43. The summed E-state index contributed by atoms with van der Waals surface area (Å²) in [5, 5.41) is 9.83. The van der Waals surface area contributed by atoms with E-state index in [9.17, 15) is 9.90 Å². The first-order valence-corrected chi connectivity index (χ1v) is 6.34. The second-order valence-corrected chi connectivity index (χ2v) is 4.80. The van der Waals surface area contributed by atoms with Crippen LogP contribution in [0, 0.1) is 0 Å². The molecule has 1 unspecified atom stereocenters. The lowest BCUT2D eigenvalue weighted by molar-refractivity contribution is -0.0183. The summed E-state index contributed by atoms with van der Waals surface area (Å²) in [6.07, 6.45) is 0. The minimum atomic E-state index is -0.332. The average Bonchev–Trinajstić information content (AvgIpc) is 2.41. The van der Waals surface area contributed by atoms with Crippen LogP contribution in [0.15, 0.2) is 18.2 Å². The molecule has 1 aliphatic heterocycles. The third-order valence-corrected chi connectivity index (χ3v) is 3.70. The van der Waals surface area contributed by atoms with Crippen LogP contribution in [-0.4, -0.2) is 48.3 Å². The van der Waals surface area contributed by atoms with Crippen LogP contribution in [0.25, 0.3) is 0 Å². The van der Waals surface area contributed by atoms with Gasteiger partial charge < -0.3 is 14.7 Å². The van der Waals surface area contributed by atoms with Crippen LogP contribution in [0.5, 0.6) is 0 Å². The number of hydrogen-bond acceptors (Lipinski definition) is 3. The van der Waals surface area contributed by atoms with E-state index in [2.05, 4.69) is 0 Å². The topological polar surface area (TPSA) is 49.8 Å². The standard InChI is InChI=1S/C12H13Cl2NO3/c13-10-3-1-2-9(11(10)14)12(17)15-4-5-18-7-8(15)6-16/h1-3,8,16H,4-7H2. The molecule has 1 N–H and O–H groups in total. The van der Waals surface area contributed by atoms with Gasteiger partial charge in [0.05, 0.1) is 41.5 Å². The molecule has 1 aromatic rings. The Morgan fingerprint density at radius 1 is 1.50 bits per heavy atom. The van der Waals surface area contributed by atoms with E-state index >= 15 is 0 Å². The van der Waals surface area contributed by atoms with E-state index in [0.29, 0.717) is 30.3 Å². The van der Waals surface area contributed by atoms with Gasteiger partial charge >= 0.3 is 0 Å². The Labute approximate surface area is 115 Å². The average molecular weight is 290 g/mol. The second kappa shape index (κ2) is 5.89. The molecule has 0 aromatic heterocycles. The zero-order valence-electron chi connectivity index (χ0n) is 9.60. The van der Waals surface area contributed by atoms with Crippen LogP contribution < -0.4 is 0 Å². The first-order chi connectivity index (χ1) is 8.65. The molecular formula is C12H13Cl2NO3. The molecule has 0 radical (unpaired) electrons. The lowest BCUT2D eigenvalue weighted by Gasteiger charge is -2.34. The molecule has 1 saturated heterocycles. The Morgan fingerprint density at radius 3 is 3.00 bits per heavy atom. The lowest BCUT2D eigenvalue weighted by Crippen LogP contribution is -2.50. The molecule has 0 saturated carbocycles. The molecule has 1 aliphatic rings. The molecule has 18 heavy (non-hydrogen) atoms. The van der Waals surface area contributed by atoms with Gasteiger partial charge in [-0.05, 0) is 12.1 Å². The van der Waals surface area contributed by atoms with Crippen molar-refractivity contribution in [2.45, 2.75) is 6.04 Å². The fourth-order valence-electron chi connectivity index (χ4n) is 1.90. The first-order valence-electron chi connectivity index (χ1n) is 5.58. The number of benzene rings is 1. The summed E-state index contributed by atoms with van der Waals surface area (Å²) in [7, 11) is 0. The number of hydrogen-bond donors (Lipinski definition) is 1. The molecule has 1 atom stereocenters. The van der Waals surface area contributed by atoms with Gasteiger partial charge in [-0.25, -0.2) is 0 Å². The lowest BCUT2D eigenvalue weighted by atomic mass is 10.1. The van der Waals surface area contributed by atoms with Gasteiger partial charge in [-0.15, -0.1) is 0 Å². The van der Waals surface area contributed by atoms with Crippen molar-refractivity contribution in [2.24, 2.45) is 0 Å². The number of aliphatic hydroxyl groups is 1. The number of rotatable bonds is 2. The predicted molar refractivity (Wildman–Crippen MR) is 69.2 cm³/mol. The van der Waals surface area contributed by atoms with Crippen molar-refractivity contribution in [2.75, 3.05) is 26.4 Å². The largest absolute Gasteiger partial charge is 0.394 e. The van der Waals surface area contributed by atoms with Gasteiger partial charge in [0.15, 0.2) is 0 Å². The highest BCUT2D eigenvalue weighted by Gasteiger charge is 2.28. The fraction of sp³-hybridized carbons (Fsp3) is 0.417. The molecule has 98 valence electrons. The number of morpholine rings is 1. The summed E-state index contributed by atoms with van der Waals surface area (Å²) in [6.45, 7) is 1.09. The van der Waals surface area contributed by atoms with Crippen molar-refractivity contribution in [3.63, 3.8) is 0 Å². The van der Waals surface area contributed by atoms with Gasteiger partial charge in [0.25, 0.3) is 5.91 Å². The number of nitrogens with zero attached hydrogens (tertiary/aromatic N) is 1. The molecule has 1 amide bonds. The molecular weight excluding hydrogens is 277 g/mol. The third-order valence-electron chi connectivity index (χ3n) is 2.88. The SMILES string of the molecule is O=C(c1cccc(Cl)c1Cl)N1CCOCC1CO. The van der Waals surface area contributed by atoms with Crippen molar-refractivity contribution in [1.82, 2.24) is 4.90 Å². The zero-order chi connectivity index (χ0) is 13.1. The maximum Gasteiger partial charge on any atom is 0.255 e. The first kappa shape index (κ1) is 13.6. The Balaban J connectivity index is 2.27. The van der Waals surface area contributed by atoms with E-state index in [1.165, 1.54) is 0 Å². The van der Waals surface area contributed by atoms with Gasteiger partial charge in [-0.3, -0.25) is 4.79 Å². The van der Waals surface area contributed by atoms with E-state index in [-0.39, 0.29) is 23.6 Å². The van der Waals surface area contributed by atoms with Crippen LogP contribution in [0.1, 0.15) is 10.4 Å². The van der Waals surface area contributed by atoms with Crippen LogP contribution >= 0.6 is 23.2 Å². The van der Waals surface area contributed by atoms with E-state index in [1.54, 1.807) is 23.1 Å². The Bertz CT molecular complexity index is 453. The Morgan fingerprint density at radius 2 is 2.28 bits per heavy atom. The van der Waals surface area contributed by atoms with Crippen molar-refractivity contribution < 1.29 is 14.6 Å².